The van der Waals surface area contributed by atoms with Crippen molar-refractivity contribution in [3.05, 3.63) is 89.4 Å². The van der Waals surface area contributed by atoms with E-state index in [4.69, 9.17) is 0 Å². The van der Waals surface area contributed by atoms with Gasteiger partial charge in [-0.1, -0.05) is 6.07 Å². The average Bonchev–Trinajstić information content (AvgIpc) is 3.40. The topological polar surface area (TPSA) is 69.0 Å². The van der Waals surface area contributed by atoms with E-state index in [1.54, 1.807) is 30.1 Å². The number of hydrogen-bond acceptors (Lipinski definition) is 4. The number of nitrogens with zero attached hydrogens (tertiary/aromatic N) is 3. The molecule has 0 aliphatic carbocycles. The van der Waals surface area contributed by atoms with Crippen molar-refractivity contribution in [2.24, 2.45) is 0 Å². The first kappa shape index (κ1) is 24.5. The lowest BCUT2D eigenvalue weighted by molar-refractivity contribution is 0.0786. The molecule has 0 spiro atoms. The van der Waals surface area contributed by atoms with Crippen LogP contribution in [0.1, 0.15) is 28.8 Å². The molecule has 2 heterocycles. The molecule has 186 valence electrons. The summed E-state index contributed by atoms with van der Waals surface area (Å²) >= 11 is 0. The highest BCUT2D eigenvalue weighted by atomic mass is 19.1. The third-order valence-electron chi connectivity index (χ3n) is 6.67. The summed E-state index contributed by atoms with van der Waals surface area (Å²) < 4.78 is 43.1. The molecular formula is C29H23F3N4O. The van der Waals surface area contributed by atoms with E-state index in [-0.39, 0.29) is 34.2 Å². The van der Waals surface area contributed by atoms with Crippen molar-refractivity contribution in [2.45, 2.75) is 18.9 Å². The highest BCUT2D eigenvalue weighted by molar-refractivity contribution is 6.12. The lowest BCUT2D eigenvalue weighted by Gasteiger charge is -2.23. The highest BCUT2D eigenvalue weighted by Gasteiger charge is 2.25. The number of likely N-dealkylation sites (N-methyl/N-ethyl adjacent to an activating group) is 1. The number of nitrogens with one attached hydrogen (secondary N) is 1. The molecule has 1 saturated heterocycles. The lowest BCUT2D eigenvalue weighted by Crippen LogP contribution is -2.38. The van der Waals surface area contributed by atoms with E-state index < -0.39 is 17.5 Å². The second-order valence-corrected chi connectivity index (χ2v) is 9.22. The second-order valence-electron chi connectivity index (χ2n) is 9.22. The van der Waals surface area contributed by atoms with Gasteiger partial charge in [0.05, 0.1) is 22.7 Å². The Labute approximate surface area is 212 Å². The molecule has 1 aromatic heterocycles. The minimum absolute atomic E-state index is 0.149. The maximum Gasteiger partial charge on any atom is 0.255 e. The number of amides is 1. The van der Waals surface area contributed by atoms with Gasteiger partial charge in [0, 0.05) is 48.4 Å². The van der Waals surface area contributed by atoms with E-state index in [2.05, 4.69) is 10.3 Å². The van der Waals surface area contributed by atoms with Gasteiger partial charge >= 0.3 is 0 Å². The minimum Gasteiger partial charge on any atom is -0.340 e. The average molecular weight is 501 g/mol. The van der Waals surface area contributed by atoms with Crippen LogP contribution >= 0.6 is 0 Å². The van der Waals surface area contributed by atoms with E-state index in [1.165, 1.54) is 24.4 Å². The van der Waals surface area contributed by atoms with Gasteiger partial charge in [0.1, 0.15) is 17.5 Å². The molecule has 4 aromatic rings. The Bertz CT molecular complexity index is 1540. The molecule has 5 nitrogen and oxygen atoms in total. The van der Waals surface area contributed by atoms with Gasteiger partial charge in [0.15, 0.2) is 0 Å². The SMILES string of the molecule is CN(C[C@@H]1CCCN1)C(=O)c1c(-c2cc(F)cc(F)c2)cnc2ccc(-c3cc(C#N)ccc3F)cc12. The Morgan fingerprint density at radius 2 is 1.84 bits per heavy atom. The van der Waals surface area contributed by atoms with Gasteiger partial charge in [-0.3, -0.25) is 9.78 Å². The van der Waals surface area contributed by atoms with Gasteiger partial charge in [-0.05, 0) is 73.0 Å². The van der Waals surface area contributed by atoms with Crippen molar-refractivity contribution in [1.82, 2.24) is 15.2 Å². The quantitative estimate of drug-likeness (QED) is 0.383. The van der Waals surface area contributed by atoms with Gasteiger partial charge in [-0.25, -0.2) is 13.2 Å². The fraction of sp³-hybridized carbons (Fsp3) is 0.207. The first-order valence-corrected chi connectivity index (χ1v) is 11.9. The van der Waals surface area contributed by atoms with Crippen molar-refractivity contribution in [1.29, 1.82) is 5.26 Å². The number of carbonyl (C=O) groups excluding carboxylic acids is 1. The maximum absolute atomic E-state index is 14.7. The molecule has 1 amide bonds. The molecule has 1 aliphatic heterocycles. The van der Waals surface area contributed by atoms with E-state index in [0.29, 0.717) is 28.6 Å². The molecule has 37 heavy (non-hydrogen) atoms. The smallest absolute Gasteiger partial charge is 0.255 e. The first-order valence-electron chi connectivity index (χ1n) is 11.9. The van der Waals surface area contributed by atoms with Crippen LogP contribution in [0.2, 0.25) is 0 Å². The zero-order valence-corrected chi connectivity index (χ0v) is 20.1. The third kappa shape index (κ3) is 4.91. The number of benzene rings is 3. The largest absolute Gasteiger partial charge is 0.340 e. The van der Waals surface area contributed by atoms with Gasteiger partial charge in [-0.15, -0.1) is 0 Å². The summed E-state index contributed by atoms with van der Waals surface area (Å²) in [5, 5.41) is 13.1. The molecule has 1 N–H and O–H groups in total. The maximum atomic E-state index is 14.7. The molecule has 0 radical (unpaired) electrons. The van der Waals surface area contributed by atoms with Crippen molar-refractivity contribution >= 4 is 16.8 Å². The Morgan fingerprint density at radius 1 is 1.05 bits per heavy atom. The van der Waals surface area contributed by atoms with Crippen molar-refractivity contribution in [3.63, 3.8) is 0 Å². The lowest BCUT2D eigenvalue weighted by atomic mass is 9.93. The van der Waals surface area contributed by atoms with E-state index >= 15 is 0 Å². The first-order chi connectivity index (χ1) is 17.8. The van der Waals surface area contributed by atoms with E-state index in [9.17, 15) is 23.2 Å². The fourth-order valence-electron chi connectivity index (χ4n) is 4.85. The van der Waals surface area contributed by atoms with Crippen LogP contribution in [0.3, 0.4) is 0 Å². The van der Waals surface area contributed by atoms with E-state index in [1.807, 2.05) is 6.07 Å². The molecular weight excluding hydrogens is 477 g/mol. The molecule has 8 heteroatoms. The summed E-state index contributed by atoms with van der Waals surface area (Å²) in [6.07, 6.45) is 3.40. The van der Waals surface area contributed by atoms with Crippen molar-refractivity contribution < 1.29 is 18.0 Å². The molecule has 5 rings (SSSR count). The number of aromatic nitrogens is 1. The molecule has 1 fully saturated rings. The summed E-state index contributed by atoms with van der Waals surface area (Å²) in [5.74, 6) is -2.42. The van der Waals surface area contributed by atoms with Crippen LogP contribution < -0.4 is 5.32 Å². The molecule has 0 bridgehead atoms. The molecule has 3 aromatic carbocycles. The number of pyridine rings is 1. The van der Waals surface area contributed by atoms with Crippen LogP contribution in [0.25, 0.3) is 33.2 Å². The predicted octanol–water partition coefficient (Wildman–Crippen LogP) is 5.68. The summed E-state index contributed by atoms with van der Waals surface area (Å²) in [7, 11) is 1.68. The predicted molar refractivity (Wildman–Crippen MR) is 135 cm³/mol. The number of hydrogen-bond donors (Lipinski definition) is 1. The zero-order chi connectivity index (χ0) is 26.1. The minimum atomic E-state index is -0.777. The van der Waals surface area contributed by atoms with Gasteiger partial charge in [0.2, 0.25) is 0 Å². The zero-order valence-electron chi connectivity index (χ0n) is 20.1. The van der Waals surface area contributed by atoms with Gasteiger partial charge < -0.3 is 10.2 Å². The van der Waals surface area contributed by atoms with Crippen LogP contribution in [0.5, 0.6) is 0 Å². The Kier molecular flexibility index (Phi) is 6.64. The molecule has 1 atom stereocenters. The summed E-state index contributed by atoms with van der Waals surface area (Å²) in [6, 6.07) is 14.2. The number of carbonyl (C=O) groups is 1. The fourth-order valence-corrected chi connectivity index (χ4v) is 4.85. The van der Waals surface area contributed by atoms with Crippen LogP contribution in [0.4, 0.5) is 13.2 Å². The van der Waals surface area contributed by atoms with Crippen LogP contribution in [0, 0.1) is 28.8 Å². The number of nitriles is 1. The molecule has 0 unspecified atom stereocenters. The van der Waals surface area contributed by atoms with Crippen LogP contribution in [-0.4, -0.2) is 42.0 Å². The third-order valence-corrected chi connectivity index (χ3v) is 6.67. The number of fused-ring (bicyclic) bond motifs is 1. The van der Waals surface area contributed by atoms with E-state index in [0.717, 1.165) is 37.6 Å². The monoisotopic (exact) mass is 500 g/mol. The Hall–Kier alpha value is -4.22. The summed E-state index contributed by atoms with van der Waals surface area (Å²) in [5.41, 5.74) is 2.06. The molecule has 1 aliphatic rings. The summed E-state index contributed by atoms with van der Waals surface area (Å²) in [6.45, 7) is 1.34. The van der Waals surface area contributed by atoms with Crippen LogP contribution in [0.15, 0.2) is 60.8 Å². The van der Waals surface area contributed by atoms with Crippen LogP contribution in [-0.2, 0) is 0 Å². The van der Waals surface area contributed by atoms with Crippen molar-refractivity contribution in [3.8, 4) is 28.3 Å². The highest BCUT2D eigenvalue weighted by Crippen LogP contribution is 2.34. The second kappa shape index (κ2) is 10.0. The van der Waals surface area contributed by atoms with Crippen molar-refractivity contribution in [2.75, 3.05) is 20.1 Å². The number of rotatable bonds is 5. The molecule has 0 saturated carbocycles. The normalized spacial score (nSPS) is 15.1. The van der Waals surface area contributed by atoms with Gasteiger partial charge in [-0.2, -0.15) is 5.26 Å². The van der Waals surface area contributed by atoms with Gasteiger partial charge in [0.25, 0.3) is 5.91 Å². The Balaban J connectivity index is 1.71. The Morgan fingerprint density at radius 3 is 2.54 bits per heavy atom. The summed E-state index contributed by atoms with van der Waals surface area (Å²) in [4.78, 5) is 19.9. The standard InChI is InChI=1S/C29H23F3N4O/c1-36(16-22-3-2-8-34-22)29(37)28-24-12-18(23-9-17(14-33)4-6-26(23)32)5-7-27(24)35-15-25(28)19-10-20(30)13-21(31)11-19/h4-7,9-13,15,22,34H,2-3,8,16H2,1H3/t22-/m0/s1. The number of halogens is 3.